The number of esters is 1. The van der Waals surface area contributed by atoms with Crippen molar-refractivity contribution >= 4 is 11.7 Å². The molecule has 1 N–H and O–H groups in total. The summed E-state index contributed by atoms with van der Waals surface area (Å²) in [6, 6.07) is 10.8. The first kappa shape index (κ1) is 13.9. The third-order valence-corrected chi connectivity index (χ3v) is 3.51. The van der Waals surface area contributed by atoms with E-state index in [0.717, 1.165) is 19.6 Å². The highest BCUT2D eigenvalue weighted by Crippen LogP contribution is 2.16. The van der Waals surface area contributed by atoms with Crippen molar-refractivity contribution in [3.8, 4) is 0 Å². The number of methoxy groups -OCH3 is 1. The molecule has 2 rings (SSSR count). The van der Waals surface area contributed by atoms with Gasteiger partial charge in [-0.15, -0.1) is 0 Å². The van der Waals surface area contributed by atoms with E-state index in [1.54, 1.807) is 0 Å². The summed E-state index contributed by atoms with van der Waals surface area (Å²) in [5.74, 6) is -0.127. The highest BCUT2D eigenvalue weighted by molar-refractivity contribution is 5.69. The second-order valence-electron chi connectivity index (χ2n) is 4.98. The van der Waals surface area contributed by atoms with Crippen molar-refractivity contribution in [3.63, 3.8) is 0 Å². The molecule has 1 heterocycles. The molecule has 1 aliphatic rings. The van der Waals surface area contributed by atoms with Crippen LogP contribution in [0.1, 0.15) is 19.3 Å². The molecule has 0 saturated carbocycles. The molecular weight excluding hydrogens is 240 g/mol. The third kappa shape index (κ3) is 4.56. The van der Waals surface area contributed by atoms with Gasteiger partial charge >= 0.3 is 5.97 Å². The SMILES string of the molecule is COC(=O)CCN1CCC[C@H](Nc2ccccc2)C1. The molecule has 1 aliphatic heterocycles. The lowest BCUT2D eigenvalue weighted by Crippen LogP contribution is -2.42. The second kappa shape index (κ2) is 7.14. The van der Waals surface area contributed by atoms with Gasteiger partial charge in [0.05, 0.1) is 13.5 Å². The van der Waals surface area contributed by atoms with Crippen molar-refractivity contribution in [2.45, 2.75) is 25.3 Å². The number of carbonyl (C=O) groups excluding carboxylic acids is 1. The second-order valence-corrected chi connectivity index (χ2v) is 4.98. The van der Waals surface area contributed by atoms with Crippen LogP contribution in [0, 0.1) is 0 Å². The summed E-state index contributed by atoms with van der Waals surface area (Å²) < 4.78 is 4.68. The van der Waals surface area contributed by atoms with E-state index in [9.17, 15) is 4.79 Å². The molecule has 4 nitrogen and oxygen atoms in total. The van der Waals surface area contributed by atoms with Crippen LogP contribution in [-0.2, 0) is 9.53 Å². The molecule has 4 heteroatoms. The number of rotatable bonds is 5. The number of hydrogen-bond acceptors (Lipinski definition) is 4. The zero-order valence-electron chi connectivity index (χ0n) is 11.5. The lowest BCUT2D eigenvalue weighted by molar-refractivity contribution is -0.141. The average molecular weight is 262 g/mol. The first-order chi connectivity index (χ1) is 9.28. The summed E-state index contributed by atoms with van der Waals surface area (Å²) in [5, 5.41) is 3.55. The van der Waals surface area contributed by atoms with E-state index in [1.165, 1.54) is 25.6 Å². The number of hydrogen-bond donors (Lipinski definition) is 1. The maximum atomic E-state index is 11.2. The molecule has 0 amide bonds. The lowest BCUT2D eigenvalue weighted by Gasteiger charge is -2.33. The molecule has 1 aromatic carbocycles. The molecule has 104 valence electrons. The van der Waals surface area contributed by atoms with E-state index < -0.39 is 0 Å². The Balaban J connectivity index is 1.79. The van der Waals surface area contributed by atoms with Crippen molar-refractivity contribution < 1.29 is 9.53 Å². The van der Waals surface area contributed by atoms with Gasteiger partial charge in [0.15, 0.2) is 0 Å². The zero-order valence-corrected chi connectivity index (χ0v) is 11.5. The molecule has 0 aromatic heterocycles. The molecule has 0 unspecified atom stereocenters. The fourth-order valence-electron chi connectivity index (χ4n) is 2.50. The molecular formula is C15H22N2O2. The number of anilines is 1. The van der Waals surface area contributed by atoms with Gasteiger partial charge in [-0.25, -0.2) is 0 Å². The molecule has 0 aliphatic carbocycles. The average Bonchev–Trinajstić information content (AvgIpc) is 2.46. The third-order valence-electron chi connectivity index (χ3n) is 3.51. The molecule has 0 spiro atoms. The number of nitrogens with zero attached hydrogens (tertiary/aromatic N) is 1. The van der Waals surface area contributed by atoms with Gasteiger partial charge in [-0.05, 0) is 31.5 Å². The van der Waals surface area contributed by atoms with E-state index >= 15 is 0 Å². The minimum absolute atomic E-state index is 0.127. The quantitative estimate of drug-likeness (QED) is 0.825. The number of carbonyl (C=O) groups is 1. The van der Waals surface area contributed by atoms with E-state index in [1.807, 2.05) is 18.2 Å². The zero-order chi connectivity index (χ0) is 13.5. The van der Waals surface area contributed by atoms with E-state index in [2.05, 4.69) is 27.1 Å². The number of benzene rings is 1. The molecule has 0 radical (unpaired) electrons. The van der Waals surface area contributed by atoms with Gasteiger partial charge in [0.2, 0.25) is 0 Å². The van der Waals surface area contributed by atoms with Gasteiger partial charge in [0.25, 0.3) is 0 Å². The van der Waals surface area contributed by atoms with Crippen molar-refractivity contribution in [1.29, 1.82) is 0 Å². The van der Waals surface area contributed by atoms with Crippen molar-refractivity contribution in [1.82, 2.24) is 4.90 Å². The summed E-state index contributed by atoms with van der Waals surface area (Å²) in [5.41, 5.74) is 1.17. The Morgan fingerprint density at radius 3 is 2.95 bits per heavy atom. The van der Waals surface area contributed by atoms with Crippen LogP contribution < -0.4 is 5.32 Å². The van der Waals surface area contributed by atoms with Gasteiger partial charge in [-0.2, -0.15) is 0 Å². The summed E-state index contributed by atoms with van der Waals surface area (Å²) >= 11 is 0. The predicted molar refractivity (Wildman–Crippen MR) is 76.2 cm³/mol. The molecule has 1 fully saturated rings. The lowest BCUT2D eigenvalue weighted by atomic mass is 10.1. The van der Waals surface area contributed by atoms with E-state index in [4.69, 9.17) is 0 Å². The molecule has 19 heavy (non-hydrogen) atoms. The van der Waals surface area contributed by atoms with Crippen LogP contribution in [0.25, 0.3) is 0 Å². The molecule has 1 aromatic rings. The Hall–Kier alpha value is -1.55. The van der Waals surface area contributed by atoms with Gasteiger partial charge in [-0.3, -0.25) is 4.79 Å². The fourth-order valence-corrected chi connectivity index (χ4v) is 2.50. The Bertz CT molecular complexity index is 394. The monoisotopic (exact) mass is 262 g/mol. The van der Waals surface area contributed by atoms with Crippen LogP contribution in [0.4, 0.5) is 5.69 Å². The Labute approximate surface area is 114 Å². The minimum Gasteiger partial charge on any atom is -0.469 e. The molecule has 1 atom stereocenters. The first-order valence-electron chi connectivity index (χ1n) is 6.88. The van der Waals surface area contributed by atoms with Crippen LogP contribution >= 0.6 is 0 Å². The summed E-state index contributed by atoms with van der Waals surface area (Å²) in [6.07, 6.45) is 2.84. The summed E-state index contributed by atoms with van der Waals surface area (Å²) in [6.45, 7) is 2.86. The van der Waals surface area contributed by atoms with Crippen LogP contribution in [0.5, 0.6) is 0 Å². The Kier molecular flexibility index (Phi) is 5.21. The van der Waals surface area contributed by atoms with Gasteiger partial charge in [0.1, 0.15) is 0 Å². The number of nitrogens with one attached hydrogen (secondary N) is 1. The Morgan fingerprint density at radius 2 is 2.21 bits per heavy atom. The van der Waals surface area contributed by atoms with E-state index in [-0.39, 0.29) is 5.97 Å². The number of piperidine rings is 1. The van der Waals surface area contributed by atoms with Crippen molar-refractivity contribution in [2.24, 2.45) is 0 Å². The van der Waals surface area contributed by atoms with Gasteiger partial charge in [-0.1, -0.05) is 18.2 Å². The van der Waals surface area contributed by atoms with Crippen LogP contribution in [0.3, 0.4) is 0 Å². The molecule has 0 bridgehead atoms. The topological polar surface area (TPSA) is 41.6 Å². The van der Waals surface area contributed by atoms with Crippen LogP contribution in [-0.4, -0.2) is 43.7 Å². The summed E-state index contributed by atoms with van der Waals surface area (Å²) in [4.78, 5) is 13.5. The van der Waals surface area contributed by atoms with Crippen molar-refractivity contribution in [3.05, 3.63) is 30.3 Å². The number of para-hydroxylation sites is 1. The Morgan fingerprint density at radius 1 is 1.42 bits per heavy atom. The van der Waals surface area contributed by atoms with Crippen molar-refractivity contribution in [2.75, 3.05) is 32.1 Å². The first-order valence-corrected chi connectivity index (χ1v) is 6.88. The normalized spacial score (nSPS) is 19.9. The van der Waals surface area contributed by atoms with Gasteiger partial charge in [0, 0.05) is 24.8 Å². The van der Waals surface area contributed by atoms with Gasteiger partial charge < -0.3 is 15.0 Å². The minimum atomic E-state index is -0.127. The number of likely N-dealkylation sites (tertiary alicyclic amines) is 1. The smallest absolute Gasteiger partial charge is 0.306 e. The largest absolute Gasteiger partial charge is 0.469 e. The highest BCUT2D eigenvalue weighted by atomic mass is 16.5. The maximum Gasteiger partial charge on any atom is 0.306 e. The number of ether oxygens (including phenoxy) is 1. The fraction of sp³-hybridized carbons (Fsp3) is 0.533. The maximum absolute atomic E-state index is 11.2. The standard InChI is InChI=1S/C15H22N2O2/c1-19-15(18)9-11-17-10-5-8-14(12-17)16-13-6-3-2-4-7-13/h2-4,6-7,14,16H,5,8-12H2,1H3/t14-/m0/s1. The predicted octanol–water partition coefficient (Wildman–Crippen LogP) is 2.13. The van der Waals surface area contributed by atoms with Crippen LogP contribution in [0.15, 0.2) is 30.3 Å². The summed E-state index contributed by atoms with van der Waals surface area (Å²) in [7, 11) is 1.44. The molecule has 1 saturated heterocycles. The van der Waals surface area contributed by atoms with Crippen LogP contribution in [0.2, 0.25) is 0 Å². The van der Waals surface area contributed by atoms with E-state index in [0.29, 0.717) is 12.5 Å². The highest BCUT2D eigenvalue weighted by Gasteiger charge is 2.20.